The maximum atomic E-state index is 13.2. The third kappa shape index (κ3) is 2.40. The van der Waals surface area contributed by atoms with Crippen LogP contribution in [0.1, 0.15) is 12.8 Å². The normalized spacial score (nSPS) is 25.4. The molecule has 0 heterocycles. The van der Waals surface area contributed by atoms with E-state index < -0.39 is 22.1 Å². The number of halogens is 1. The maximum absolute atomic E-state index is 13.2. The minimum atomic E-state index is -3.77. The Labute approximate surface area is 99.5 Å². The van der Waals surface area contributed by atoms with Crippen molar-refractivity contribution < 1.29 is 17.9 Å². The van der Waals surface area contributed by atoms with Gasteiger partial charge in [0.2, 0.25) is 9.84 Å². The number of alkyl halides is 1. The summed E-state index contributed by atoms with van der Waals surface area (Å²) in [6.07, 6.45) is -1.09. The molecular formula is C12H13FO3S. The predicted octanol–water partition coefficient (Wildman–Crippen LogP) is 1.84. The Kier molecular flexibility index (Phi) is 3.31. The number of allylic oxidation sites excluding steroid dienone is 1. The fourth-order valence-electron chi connectivity index (χ4n) is 1.84. The minimum absolute atomic E-state index is 0.0828. The molecule has 0 bridgehead atoms. The lowest BCUT2D eigenvalue weighted by Gasteiger charge is -2.21. The molecule has 0 spiro atoms. The summed E-state index contributed by atoms with van der Waals surface area (Å²) >= 11 is 0. The van der Waals surface area contributed by atoms with Gasteiger partial charge < -0.3 is 5.11 Å². The van der Waals surface area contributed by atoms with Crippen LogP contribution in [-0.4, -0.2) is 25.8 Å². The van der Waals surface area contributed by atoms with Gasteiger partial charge in [-0.15, -0.1) is 0 Å². The van der Waals surface area contributed by atoms with Gasteiger partial charge in [-0.3, -0.25) is 0 Å². The Hall–Kier alpha value is -1.20. The lowest BCUT2D eigenvalue weighted by atomic mass is 10.0. The molecule has 1 aromatic rings. The first-order chi connectivity index (χ1) is 8.01. The average Bonchev–Trinajstić information content (AvgIpc) is 2.33. The fourth-order valence-corrected chi connectivity index (χ4v) is 3.43. The van der Waals surface area contributed by atoms with E-state index in [9.17, 15) is 17.9 Å². The summed E-state index contributed by atoms with van der Waals surface area (Å²) < 4.78 is 37.5. The summed E-state index contributed by atoms with van der Waals surface area (Å²) in [5.41, 5.74) is 0. The smallest absolute Gasteiger partial charge is 0.205 e. The molecule has 0 radical (unpaired) electrons. The van der Waals surface area contributed by atoms with E-state index in [1.807, 2.05) is 0 Å². The van der Waals surface area contributed by atoms with Gasteiger partial charge in [0.15, 0.2) is 0 Å². The first-order valence-electron chi connectivity index (χ1n) is 5.36. The number of sulfone groups is 1. The first-order valence-corrected chi connectivity index (χ1v) is 6.84. The van der Waals surface area contributed by atoms with Gasteiger partial charge >= 0.3 is 0 Å². The van der Waals surface area contributed by atoms with Crippen LogP contribution in [0.3, 0.4) is 0 Å². The largest absolute Gasteiger partial charge is 0.388 e. The number of benzene rings is 1. The molecule has 1 aromatic carbocycles. The van der Waals surface area contributed by atoms with Gasteiger partial charge in [0, 0.05) is 0 Å². The monoisotopic (exact) mass is 256 g/mol. The second-order valence-corrected chi connectivity index (χ2v) is 5.94. The van der Waals surface area contributed by atoms with Gasteiger partial charge in [0.1, 0.15) is 6.17 Å². The Bertz CT molecular complexity index is 522. The summed E-state index contributed by atoms with van der Waals surface area (Å²) in [7, 11) is -3.77. The third-order valence-electron chi connectivity index (χ3n) is 2.75. The lowest BCUT2D eigenvalue weighted by molar-refractivity contribution is 0.179. The zero-order valence-electron chi connectivity index (χ0n) is 9.08. The van der Waals surface area contributed by atoms with Crippen molar-refractivity contribution in [1.29, 1.82) is 0 Å². The molecule has 0 aliphatic heterocycles. The highest BCUT2D eigenvalue weighted by molar-refractivity contribution is 7.95. The molecule has 17 heavy (non-hydrogen) atoms. The number of rotatable bonds is 2. The molecule has 0 aromatic heterocycles. The maximum Gasteiger partial charge on any atom is 0.205 e. The topological polar surface area (TPSA) is 54.4 Å². The van der Waals surface area contributed by atoms with E-state index in [-0.39, 0.29) is 22.6 Å². The van der Waals surface area contributed by atoms with Crippen LogP contribution in [0, 0.1) is 0 Å². The van der Waals surface area contributed by atoms with Gasteiger partial charge in [0.25, 0.3) is 0 Å². The van der Waals surface area contributed by atoms with Crippen molar-refractivity contribution in [2.24, 2.45) is 0 Å². The van der Waals surface area contributed by atoms with E-state index in [1.165, 1.54) is 12.1 Å². The quantitative estimate of drug-likeness (QED) is 0.878. The van der Waals surface area contributed by atoms with Crippen molar-refractivity contribution in [3.8, 4) is 0 Å². The van der Waals surface area contributed by atoms with Crippen LogP contribution in [0.4, 0.5) is 4.39 Å². The summed E-state index contributed by atoms with van der Waals surface area (Å²) in [6, 6.07) is 7.75. The molecule has 2 rings (SSSR count). The highest BCUT2D eigenvalue weighted by Gasteiger charge is 2.31. The number of hydrogen-bond acceptors (Lipinski definition) is 3. The van der Waals surface area contributed by atoms with Crippen molar-refractivity contribution in [1.82, 2.24) is 0 Å². The van der Waals surface area contributed by atoms with Gasteiger partial charge in [-0.1, -0.05) is 18.2 Å². The lowest BCUT2D eigenvalue weighted by Crippen LogP contribution is -2.25. The highest BCUT2D eigenvalue weighted by atomic mass is 32.2. The molecule has 5 heteroatoms. The summed E-state index contributed by atoms with van der Waals surface area (Å²) in [6.45, 7) is 0. The zero-order chi connectivity index (χ0) is 12.5. The van der Waals surface area contributed by atoms with Crippen molar-refractivity contribution in [3.05, 3.63) is 41.3 Å². The Balaban J connectivity index is 2.46. The van der Waals surface area contributed by atoms with E-state index in [0.29, 0.717) is 0 Å². The summed E-state index contributed by atoms with van der Waals surface area (Å²) in [4.78, 5) is -0.137. The molecule has 0 fully saturated rings. The van der Waals surface area contributed by atoms with Crippen LogP contribution in [-0.2, 0) is 9.84 Å². The zero-order valence-corrected chi connectivity index (χ0v) is 9.90. The first kappa shape index (κ1) is 12.3. The summed E-state index contributed by atoms with van der Waals surface area (Å²) in [5, 5.41) is 9.67. The Morgan fingerprint density at radius 3 is 2.47 bits per heavy atom. The van der Waals surface area contributed by atoms with Crippen LogP contribution < -0.4 is 0 Å². The fraction of sp³-hybridized carbons (Fsp3) is 0.333. The second-order valence-electron chi connectivity index (χ2n) is 3.99. The molecular weight excluding hydrogens is 243 g/mol. The SMILES string of the molecule is O=S(=O)(C1=C[C@H](F)CC[C@H]1O)c1ccccc1. The Morgan fingerprint density at radius 2 is 1.82 bits per heavy atom. The standard InChI is InChI=1S/C12H13FO3S/c13-9-6-7-11(14)12(8-9)17(15,16)10-4-2-1-3-5-10/h1-5,8-9,11,14H,6-7H2/t9-,11-/m1/s1. The van der Waals surface area contributed by atoms with Crippen molar-refractivity contribution in [2.45, 2.75) is 30.0 Å². The second kappa shape index (κ2) is 4.58. The van der Waals surface area contributed by atoms with Crippen LogP contribution in [0.2, 0.25) is 0 Å². The van der Waals surface area contributed by atoms with E-state index in [1.54, 1.807) is 18.2 Å². The molecule has 0 saturated carbocycles. The van der Waals surface area contributed by atoms with E-state index in [0.717, 1.165) is 6.08 Å². The molecule has 1 aliphatic rings. The molecule has 2 atom stereocenters. The van der Waals surface area contributed by atoms with Crippen molar-refractivity contribution >= 4 is 9.84 Å². The van der Waals surface area contributed by atoms with Crippen LogP contribution in [0.5, 0.6) is 0 Å². The van der Waals surface area contributed by atoms with E-state index >= 15 is 0 Å². The van der Waals surface area contributed by atoms with Crippen molar-refractivity contribution in [2.75, 3.05) is 0 Å². The van der Waals surface area contributed by atoms with Gasteiger partial charge in [-0.25, -0.2) is 12.8 Å². The van der Waals surface area contributed by atoms with Crippen LogP contribution >= 0.6 is 0 Å². The molecule has 0 amide bonds. The minimum Gasteiger partial charge on any atom is -0.388 e. The van der Waals surface area contributed by atoms with E-state index in [2.05, 4.69) is 0 Å². The molecule has 1 N–H and O–H groups in total. The molecule has 3 nitrogen and oxygen atoms in total. The molecule has 92 valence electrons. The van der Waals surface area contributed by atoms with E-state index in [4.69, 9.17) is 0 Å². The van der Waals surface area contributed by atoms with Gasteiger partial charge in [0.05, 0.1) is 15.9 Å². The number of aliphatic hydroxyl groups excluding tert-OH is 1. The average molecular weight is 256 g/mol. The van der Waals surface area contributed by atoms with Crippen molar-refractivity contribution in [3.63, 3.8) is 0 Å². The molecule has 0 saturated heterocycles. The number of aliphatic hydroxyl groups is 1. The molecule has 1 aliphatic carbocycles. The summed E-state index contributed by atoms with van der Waals surface area (Å²) in [5.74, 6) is 0. The predicted molar refractivity (Wildman–Crippen MR) is 61.8 cm³/mol. The highest BCUT2D eigenvalue weighted by Crippen LogP contribution is 2.29. The van der Waals surface area contributed by atoms with Crippen LogP contribution in [0.15, 0.2) is 46.2 Å². The number of hydrogen-bond donors (Lipinski definition) is 1. The van der Waals surface area contributed by atoms with Crippen LogP contribution in [0.25, 0.3) is 0 Å². The Morgan fingerprint density at radius 1 is 1.18 bits per heavy atom. The third-order valence-corrected chi connectivity index (χ3v) is 4.67. The molecule has 0 unspecified atom stereocenters. The van der Waals surface area contributed by atoms with Gasteiger partial charge in [-0.2, -0.15) is 0 Å². The van der Waals surface area contributed by atoms with Gasteiger partial charge in [-0.05, 0) is 31.1 Å².